The van der Waals surface area contributed by atoms with Crippen LogP contribution in [0.4, 0.5) is 0 Å². The molecule has 0 saturated carbocycles. The van der Waals surface area contributed by atoms with Crippen molar-refractivity contribution in [1.82, 2.24) is 14.7 Å². The second kappa shape index (κ2) is 18.1. The number of carboxylic acids is 6. The highest BCUT2D eigenvalue weighted by atomic mass is 16.4. The van der Waals surface area contributed by atoms with Crippen LogP contribution in [-0.4, -0.2) is 145 Å². The SMILES string of the molecule is Cc1ccc(C(N)C(=O)O)c(O)c1.O=C(O)CN(CCN(CC(=O)O)CC(=O)O)CCN(CC(=O)O)CC(=O)O. The minimum Gasteiger partial charge on any atom is -0.508 e. The topological polar surface area (TPSA) is 280 Å². The molecule has 0 aliphatic rings. The molecule has 17 heteroatoms. The number of aromatic hydroxyl groups is 1. The number of hydrogen-bond donors (Lipinski definition) is 8. The van der Waals surface area contributed by atoms with E-state index in [4.69, 9.17) is 36.4 Å². The number of carbonyl (C=O) groups is 6. The monoisotopic (exact) mass is 574 g/mol. The second-order valence-electron chi connectivity index (χ2n) is 8.54. The zero-order chi connectivity index (χ0) is 31.0. The summed E-state index contributed by atoms with van der Waals surface area (Å²) in [5.41, 5.74) is 6.42. The number of nitrogens with zero attached hydrogens (tertiary/aromatic N) is 3. The maximum absolute atomic E-state index is 11.0. The van der Waals surface area contributed by atoms with Crippen LogP contribution in [0.1, 0.15) is 17.2 Å². The summed E-state index contributed by atoms with van der Waals surface area (Å²) in [4.78, 5) is 68.1. The van der Waals surface area contributed by atoms with Gasteiger partial charge in [-0.15, -0.1) is 0 Å². The van der Waals surface area contributed by atoms with Crippen LogP contribution in [0.2, 0.25) is 0 Å². The Balaban J connectivity index is 0.000000968. The molecule has 0 fully saturated rings. The average molecular weight is 575 g/mol. The van der Waals surface area contributed by atoms with Gasteiger partial charge in [-0.3, -0.25) is 43.5 Å². The number of hydrogen-bond acceptors (Lipinski definition) is 11. The van der Waals surface area contributed by atoms with Gasteiger partial charge in [0.1, 0.15) is 11.8 Å². The molecule has 1 atom stereocenters. The summed E-state index contributed by atoms with van der Waals surface area (Å²) in [6.07, 6.45) is 0. The number of rotatable bonds is 18. The minimum absolute atomic E-state index is 0.000836. The van der Waals surface area contributed by atoms with Gasteiger partial charge in [0.15, 0.2) is 0 Å². The Kier molecular flexibility index (Phi) is 16.1. The molecule has 224 valence electrons. The number of benzene rings is 1. The lowest BCUT2D eigenvalue weighted by molar-refractivity contribution is -0.143. The lowest BCUT2D eigenvalue weighted by Gasteiger charge is -2.27. The molecule has 0 bridgehead atoms. The average Bonchev–Trinajstić information content (AvgIpc) is 2.78. The summed E-state index contributed by atoms with van der Waals surface area (Å²) in [5.74, 6) is -7.38. The smallest absolute Gasteiger partial charge is 0.325 e. The van der Waals surface area contributed by atoms with E-state index in [0.717, 1.165) is 15.4 Å². The molecule has 0 radical (unpaired) electrons. The van der Waals surface area contributed by atoms with Crippen LogP contribution < -0.4 is 5.73 Å². The van der Waals surface area contributed by atoms with E-state index < -0.39 is 74.6 Å². The third-order valence-corrected chi connectivity index (χ3v) is 5.05. The molecule has 1 aromatic carbocycles. The molecule has 0 aromatic heterocycles. The van der Waals surface area contributed by atoms with Crippen molar-refractivity contribution < 1.29 is 64.5 Å². The van der Waals surface area contributed by atoms with Crippen LogP contribution in [0.25, 0.3) is 0 Å². The summed E-state index contributed by atoms with van der Waals surface area (Å²) >= 11 is 0. The van der Waals surface area contributed by atoms with Gasteiger partial charge in [0, 0.05) is 31.7 Å². The Hall–Kier alpha value is -4.32. The molecule has 0 heterocycles. The van der Waals surface area contributed by atoms with E-state index >= 15 is 0 Å². The van der Waals surface area contributed by atoms with Crippen LogP contribution in [0, 0.1) is 6.92 Å². The summed E-state index contributed by atoms with van der Waals surface area (Å²) in [7, 11) is 0. The zero-order valence-electron chi connectivity index (χ0n) is 21.7. The van der Waals surface area contributed by atoms with Gasteiger partial charge < -0.3 is 41.5 Å². The van der Waals surface area contributed by atoms with Crippen LogP contribution >= 0.6 is 0 Å². The van der Waals surface area contributed by atoms with Gasteiger partial charge in [0.2, 0.25) is 0 Å². The van der Waals surface area contributed by atoms with Crippen LogP contribution in [-0.2, 0) is 28.8 Å². The third kappa shape index (κ3) is 16.5. The molecule has 1 rings (SSSR count). The number of nitrogens with two attached hydrogens (primary N) is 1. The maximum atomic E-state index is 11.0. The zero-order valence-corrected chi connectivity index (χ0v) is 21.7. The Morgan fingerprint density at radius 3 is 1.27 bits per heavy atom. The molecule has 0 aliphatic heterocycles. The van der Waals surface area contributed by atoms with Gasteiger partial charge in [-0.1, -0.05) is 12.1 Å². The highest BCUT2D eigenvalue weighted by Gasteiger charge is 2.19. The highest BCUT2D eigenvalue weighted by molar-refractivity contribution is 5.76. The summed E-state index contributed by atoms with van der Waals surface area (Å²) in [6.45, 7) is -0.934. The van der Waals surface area contributed by atoms with E-state index in [2.05, 4.69) is 0 Å². The third-order valence-electron chi connectivity index (χ3n) is 5.05. The van der Waals surface area contributed by atoms with Crippen molar-refractivity contribution in [2.75, 3.05) is 58.9 Å². The molecule has 0 amide bonds. The molecular weight excluding hydrogens is 540 g/mol. The largest absolute Gasteiger partial charge is 0.508 e. The van der Waals surface area contributed by atoms with Crippen LogP contribution in [0.5, 0.6) is 5.75 Å². The fraction of sp³-hybridized carbons (Fsp3) is 0.478. The number of aliphatic carboxylic acids is 6. The van der Waals surface area contributed by atoms with Crippen molar-refractivity contribution >= 4 is 35.8 Å². The Morgan fingerprint density at radius 2 is 0.975 bits per heavy atom. The normalized spacial score (nSPS) is 11.5. The van der Waals surface area contributed by atoms with Gasteiger partial charge in [0.05, 0.1) is 32.7 Å². The lowest BCUT2D eigenvalue weighted by atomic mass is 10.0. The quantitative estimate of drug-likeness (QED) is 0.0950. The number of carboxylic acid groups (broad SMARTS) is 6. The highest BCUT2D eigenvalue weighted by Crippen LogP contribution is 2.23. The van der Waals surface area contributed by atoms with Crippen molar-refractivity contribution in [3.05, 3.63) is 29.3 Å². The van der Waals surface area contributed by atoms with Gasteiger partial charge in [0.25, 0.3) is 0 Å². The molecular formula is C23H34N4O13. The van der Waals surface area contributed by atoms with Crippen molar-refractivity contribution in [2.24, 2.45) is 5.73 Å². The van der Waals surface area contributed by atoms with E-state index in [1.807, 2.05) is 0 Å². The van der Waals surface area contributed by atoms with Crippen molar-refractivity contribution in [1.29, 1.82) is 0 Å². The van der Waals surface area contributed by atoms with E-state index in [-0.39, 0.29) is 37.5 Å². The number of phenolic OH excluding ortho intramolecular Hbond substituents is 1. The van der Waals surface area contributed by atoms with Crippen molar-refractivity contribution in [2.45, 2.75) is 13.0 Å². The summed E-state index contributed by atoms with van der Waals surface area (Å²) in [6, 6.07) is 3.54. The first-order valence-electron chi connectivity index (χ1n) is 11.6. The minimum atomic E-state index is -1.24. The standard InChI is InChI=1S/C14H23N3O10.C9H11NO3/c18-10(19)5-15(1-3-16(6-11(20)21)7-12(22)23)2-4-17(8-13(24)25)9-14(26)27;1-5-2-3-6(7(11)4-5)8(10)9(12)13/h1-9H2,(H,18,19)(H,20,21)(H,22,23)(H,24,25)(H,26,27);2-4,8,11H,10H2,1H3,(H,12,13). The predicted octanol–water partition coefficient (Wildman–Crippen LogP) is -1.90. The van der Waals surface area contributed by atoms with Gasteiger partial charge in [-0.05, 0) is 18.6 Å². The Labute approximate surface area is 228 Å². The first-order chi connectivity index (χ1) is 18.5. The van der Waals surface area contributed by atoms with E-state index in [9.17, 15) is 33.9 Å². The van der Waals surface area contributed by atoms with Crippen molar-refractivity contribution in [3.8, 4) is 5.75 Å². The van der Waals surface area contributed by atoms with E-state index in [1.165, 1.54) is 17.0 Å². The molecule has 9 N–H and O–H groups in total. The maximum Gasteiger partial charge on any atom is 0.325 e. The molecule has 0 saturated heterocycles. The fourth-order valence-corrected chi connectivity index (χ4v) is 3.27. The second-order valence-corrected chi connectivity index (χ2v) is 8.54. The molecule has 0 spiro atoms. The fourth-order valence-electron chi connectivity index (χ4n) is 3.27. The van der Waals surface area contributed by atoms with Gasteiger partial charge in [-0.2, -0.15) is 0 Å². The molecule has 0 aliphatic carbocycles. The summed E-state index contributed by atoms with van der Waals surface area (Å²) in [5, 5.41) is 62.1. The molecule has 17 nitrogen and oxygen atoms in total. The predicted molar refractivity (Wildman–Crippen MR) is 135 cm³/mol. The van der Waals surface area contributed by atoms with Gasteiger partial charge in [-0.25, -0.2) is 0 Å². The Morgan fingerprint density at radius 1 is 0.650 bits per heavy atom. The molecule has 40 heavy (non-hydrogen) atoms. The molecule has 1 aromatic rings. The van der Waals surface area contributed by atoms with Gasteiger partial charge >= 0.3 is 35.8 Å². The number of aryl methyl sites for hydroxylation is 1. The lowest BCUT2D eigenvalue weighted by Crippen LogP contribution is -2.45. The van der Waals surface area contributed by atoms with Crippen LogP contribution in [0.3, 0.4) is 0 Å². The summed E-state index contributed by atoms with van der Waals surface area (Å²) < 4.78 is 0. The Bertz CT molecular complexity index is 978. The van der Waals surface area contributed by atoms with E-state index in [1.54, 1.807) is 13.0 Å². The van der Waals surface area contributed by atoms with Crippen LogP contribution in [0.15, 0.2) is 18.2 Å². The molecule has 1 unspecified atom stereocenters. The first-order valence-corrected chi connectivity index (χ1v) is 11.6. The van der Waals surface area contributed by atoms with E-state index in [0.29, 0.717) is 0 Å². The van der Waals surface area contributed by atoms with Crippen molar-refractivity contribution in [3.63, 3.8) is 0 Å². The number of phenols is 1. The first kappa shape index (κ1) is 35.7.